The third kappa shape index (κ3) is 0.361. The fourth-order valence-electron chi connectivity index (χ4n) is 6.75. The Morgan fingerprint density at radius 3 is 1.93 bits per heavy atom. The molecule has 78 valence electrons. The van der Waals surface area contributed by atoms with Crippen molar-refractivity contribution in [2.24, 2.45) is 46.7 Å². The zero-order valence-corrected chi connectivity index (χ0v) is 9.00. The molecule has 2 nitrogen and oxygen atoms in total. The second-order valence-corrected chi connectivity index (χ2v) is 6.32. The topological polar surface area (TPSA) is 46.2 Å². The molecule has 6 aliphatic carbocycles. The van der Waals surface area contributed by atoms with Crippen LogP contribution < -0.4 is 5.73 Å². The fourth-order valence-corrected chi connectivity index (χ4v) is 6.75. The average Bonchev–Trinajstić information content (AvgIpc) is 2.10. The Balaban J connectivity index is 0.000000578. The van der Waals surface area contributed by atoms with Crippen molar-refractivity contribution < 1.29 is 5.11 Å². The lowest BCUT2D eigenvalue weighted by Crippen LogP contribution is -3.14. The highest BCUT2D eigenvalue weighted by molar-refractivity contribution is 5.85. The van der Waals surface area contributed by atoms with Crippen molar-refractivity contribution in [1.82, 2.24) is 0 Å². The summed E-state index contributed by atoms with van der Waals surface area (Å²) in [7, 11) is 0. The molecular formula is C11H16ClNO. The van der Waals surface area contributed by atoms with Crippen LogP contribution in [0, 0.1) is 40.9 Å². The number of nitrogens with two attached hydrogens (primary N) is 1. The van der Waals surface area contributed by atoms with Gasteiger partial charge in [-0.1, -0.05) is 0 Å². The molecule has 6 saturated carbocycles. The fraction of sp³-hybridized carbons (Fsp3) is 1.00. The molecule has 0 aromatic carbocycles. The molecule has 1 unspecified atom stereocenters. The monoisotopic (exact) mass is 213 g/mol. The lowest BCUT2D eigenvalue weighted by molar-refractivity contribution is -0.622. The number of hydrogen-bond donors (Lipinski definition) is 2. The van der Waals surface area contributed by atoms with Gasteiger partial charge in [0.1, 0.15) is 0 Å². The third-order valence-electron chi connectivity index (χ3n) is 6.56. The highest BCUT2D eigenvalue weighted by Gasteiger charge is 3.08. The summed E-state index contributed by atoms with van der Waals surface area (Å²) in [5.41, 5.74) is 7.29. The van der Waals surface area contributed by atoms with E-state index in [1.165, 1.54) is 0 Å². The van der Waals surface area contributed by atoms with Crippen molar-refractivity contribution in [2.45, 2.75) is 25.0 Å². The maximum absolute atomic E-state index is 9.49. The van der Waals surface area contributed by atoms with Gasteiger partial charge in [-0.25, -0.2) is 0 Å². The summed E-state index contributed by atoms with van der Waals surface area (Å²) < 4.78 is 0. The van der Waals surface area contributed by atoms with Gasteiger partial charge in [0.15, 0.2) is 0 Å². The zero-order chi connectivity index (χ0) is 8.75. The van der Waals surface area contributed by atoms with E-state index < -0.39 is 0 Å². The van der Waals surface area contributed by atoms with Crippen LogP contribution >= 0.6 is 12.4 Å². The van der Waals surface area contributed by atoms with Crippen LogP contribution in [0.25, 0.3) is 0 Å². The first-order chi connectivity index (χ1) is 6.15. The van der Waals surface area contributed by atoms with E-state index in [1.807, 2.05) is 6.92 Å². The minimum absolute atomic E-state index is 0. The summed E-state index contributed by atoms with van der Waals surface area (Å²) in [6.07, 6.45) is 0.991. The summed E-state index contributed by atoms with van der Waals surface area (Å²) >= 11 is 0. The van der Waals surface area contributed by atoms with Gasteiger partial charge in [0.25, 0.3) is 0 Å². The molecule has 0 amide bonds. The molecule has 0 aromatic rings. The second-order valence-electron chi connectivity index (χ2n) is 6.32. The van der Waals surface area contributed by atoms with Gasteiger partial charge in [-0.2, -0.15) is 0 Å². The van der Waals surface area contributed by atoms with Crippen molar-refractivity contribution in [2.75, 3.05) is 0 Å². The summed E-state index contributed by atoms with van der Waals surface area (Å²) in [6, 6.07) is 0. The normalized spacial score (nSPS) is 79.1. The van der Waals surface area contributed by atoms with E-state index in [4.69, 9.17) is 5.73 Å². The highest BCUT2D eigenvalue weighted by Crippen LogP contribution is 3.07. The first kappa shape index (κ1) is 8.37. The molecule has 6 rings (SSSR count). The standard InChI is InChI=1S/C11H15NO.ClH/c1-3(13)2-10-4-7-5(10)9-6(10)8(4)11(7,9)12;/h3-9,13H,2,12H2,1H3;1H. The van der Waals surface area contributed by atoms with Gasteiger partial charge < -0.3 is 10.8 Å². The van der Waals surface area contributed by atoms with Crippen LogP contribution in [0.4, 0.5) is 0 Å². The minimum Gasteiger partial charge on any atom is -0.393 e. The molecule has 3 heteroatoms. The zero-order valence-electron chi connectivity index (χ0n) is 8.18. The molecule has 6 aliphatic rings. The highest BCUT2D eigenvalue weighted by atomic mass is 35.5. The van der Waals surface area contributed by atoms with Crippen LogP contribution in [0.15, 0.2) is 0 Å². The summed E-state index contributed by atoms with van der Waals surface area (Å²) in [5.74, 6) is 5.62. The van der Waals surface area contributed by atoms with Gasteiger partial charge in [0, 0.05) is 5.54 Å². The van der Waals surface area contributed by atoms with Crippen LogP contribution in [0.1, 0.15) is 13.3 Å². The van der Waals surface area contributed by atoms with Crippen LogP contribution in [0.2, 0.25) is 0 Å². The smallest absolute Gasteiger partial charge is 0.0517 e. The molecule has 0 radical (unpaired) electrons. The molecular weight excluding hydrogens is 198 g/mol. The Labute approximate surface area is 89.6 Å². The Hall–Kier alpha value is 0.210. The lowest BCUT2D eigenvalue weighted by atomic mass is 8.94. The first-order valence-corrected chi connectivity index (χ1v) is 5.62. The summed E-state index contributed by atoms with van der Waals surface area (Å²) in [6.45, 7) is 1.94. The van der Waals surface area contributed by atoms with Crippen LogP contribution in [-0.2, 0) is 0 Å². The van der Waals surface area contributed by atoms with Gasteiger partial charge in [-0.3, -0.25) is 0 Å². The van der Waals surface area contributed by atoms with E-state index in [1.54, 1.807) is 0 Å². The molecule has 0 heterocycles. The van der Waals surface area contributed by atoms with Gasteiger partial charge in [-0.15, -0.1) is 12.4 Å². The Bertz CT molecular complexity index is 300. The number of aliphatic hydroxyl groups is 1. The van der Waals surface area contributed by atoms with Crippen LogP contribution in [0.5, 0.6) is 0 Å². The molecule has 1 atom stereocenters. The minimum atomic E-state index is -0.0845. The predicted octanol–water partition coefficient (Wildman–Crippen LogP) is 0.628. The molecule has 0 saturated heterocycles. The molecule has 3 N–H and O–H groups in total. The van der Waals surface area contributed by atoms with E-state index in [9.17, 15) is 5.11 Å². The number of rotatable bonds is 2. The number of aliphatic hydroxyl groups excluding tert-OH is 1. The van der Waals surface area contributed by atoms with Crippen molar-refractivity contribution in [3.8, 4) is 0 Å². The Morgan fingerprint density at radius 2 is 1.57 bits per heavy atom. The number of hydrogen-bond acceptors (Lipinski definition) is 2. The van der Waals surface area contributed by atoms with Crippen LogP contribution in [0.3, 0.4) is 0 Å². The van der Waals surface area contributed by atoms with E-state index >= 15 is 0 Å². The quantitative estimate of drug-likeness (QED) is 0.707. The molecule has 0 spiro atoms. The second kappa shape index (κ2) is 1.68. The van der Waals surface area contributed by atoms with Gasteiger partial charge in [-0.05, 0) is 54.3 Å². The van der Waals surface area contributed by atoms with Gasteiger partial charge in [0.05, 0.1) is 6.10 Å². The van der Waals surface area contributed by atoms with Gasteiger partial charge >= 0.3 is 0 Å². The molecule has 0 aromatic heterocycles. The van der Waals surface area contributed by atoms with Crippen molar-refractivity contribution in [3.63, 3.8) is 0 Å². The average molecular weight is 214 g/mol. The molecule has 14 heavy (non-hydrogen) atoms. The maximum atomic E-state index is 9.49. The first-order valence-electron chi connectivity index (χ1n) is 5.62. The van der Waals surface area contributed by atoms with Crippen LogP contribution in [-0.4, -0.2) is 16.7 Å². The predicted molar refractivity (Wildman–Crippen MR) is 53.8 cm³/mol. The molecule has 0 bridgehead atoms. The number of halogens is 1. The van der Waals surface area contributed by atoms with Gasteiger partial charge in [0.2, 0.25) is 0 Å². The summed E-state index contributed by atoms with van der Waals surface area (Å²) in [5, 5.41) is 9.49. The van der Waals surface area contributed by atoms with E-state index in [-0.39, 0.29) is 18.5 Å². The molecule has 0 aliphatic heterocycles. The summed E-state index contributed by atoms with van der Waals surface area (Å²) in [4.78, 5) is 0. The lowest BCUT2D eigenvalue weighted by Gasteiger charge is -3.11. The molecule has 6 fully saturated rings. The maximum Gasteiger partial charge on any atom is 0.0517 e. The van der Waals surface area contributed by atoms with Crippen molar-refractivity contribution >= 4 is 12.4 Å². The SMILES string of the molecule is CC(O)CC12C3C4C1C1C2C3C41N.Cl. The van der Waals surface area contributed by atoms with E-state index in [0.29, 0.717) is 11.0 Å². The van der Waals surface area contributed by atoms with Crippen molar-refractivity contribution in [3.05, 3.63) is 0 Å². The third-order valence-corrected chi connectivity index (χ3v) is 6.56. The van der Waals surface area contributed by atoms with E-state index in [0.717, 1.165) is 41.9 Å². The Kier molecular flexibility index (Phi) is 1.01. The van der Waals surface area contributed by atoms with Crippen molar-refractivity contribution in [1.29, 1.82) is 0 Å². The largest absolute Gasteiger partial charge is 0.393 e. The van der Waals surface area contributed by atoms with E-state index in [2.05, 4.69) is 0 Å². The Morgan fingerprint density at radius 1 is 1.14 bits per heavy atom.